The van der Waals surface area contributed by atoms with E-state index in [0.29, 0.717) is 16.9 Å². The van der Waals surface area contributed by atoms with Gasteiger partial charge in [-0.15, -0.1) is 0 Å². The number of halogens is 2. The summed E-state index contributed by atoms with van der Waals surface area (Å²) >= 11 is 9.76. The molecule has 0 amide bonds. The van der Waals surface area contributed by atoms with Crippen molar-refractivity contribution >= 4 is 33.2 Å². The summed E-state index contributed by atoms with van der Waals surface area (Å²) in [4.78, 5) is 0. The van der Waals surface area contributed by atoms with Crippen molar-refractivity contribution < 1.29 is 4.74 Å². The number of rotatable bonds is 3. The third-order valence-electron chi connectivity index (χ3n) is 5.78. The van der Waals surface area contributed by atoms with Crippen LogP contribution in [0.25, 0.3) is 0 Å². The van der Waals surface area contributed by atoms with Crippen molar-refractivity contribution in [1.29, 1.82) is 0 Å². The number of fused-ring (bicyclic) bond motifs is 2. The molecule has 0 saturated heterocycles. The average Bonchev–Trinajstić information content (AvgIpc) is 2.85. The van der Waals surface area contributed by atoms with Crippen LogP contribution in [0, 0.1) is 16.7 Å². The number of anilines is 1. The highest BCUT2D eigenvalue weighted by molar-refractivity contribution is 9.10. The first-order valence-corrected chi connectivity index (χ1v) is 8.74. The molecule has 3 atom stereocenters. The van der Waals surface area contributed by atoms with Crippen LogP contribution in [0.2, 0.25) is 5.02 Å². The normalized spacial score (nSPS) is 33.2. The van der Waals surface area contributed by atoms with E-state index in [1.165, 1.54) is 19.3 Å². The third-order valence-corrected chi connectivity index (χ3v) is 6.59. The van der Waals surface area contributed by atoms with Gasteiger partial charge in [-0.1, -0.05) is 32.4 Å². The highest BCUT2D eigenvalue weighted by atomic mass is 79.9. The maximum Gasteiger partial charge on any atom is 0.156 e. The molecule has 2 saturated carbocycles. The maximum absolute atomic E-state index is 6.22. The molecule has 1 N–H and O–H groups in total. The molecule has 1 unspecified atom stereocenters. The van der Waals surface area contributed by atoms with E-state index in [2.05, 4.69) is 42.0 Å². The van der Waals surface area contributed by atoms with E-state index in [1.54, 1.807) is 7.11 Å². The quantitative estimate of drug-likeness (QED) is 0.730. The van der Waals surface area contributed by atoms with Gasteiger partial charge in [-0.3, -0.25) is 0 Å². The monoisotopic (exact) mass is 371 g/mol. The minimum Gasteiger partial charge on any atom is -0.493 e. The lowest BCUT2D eigenvalue weighted by Crippen LogP contribution is -2.45. The molecule has 1 aromatic rings. The van der Waals surface area contributed by atoms with Gasteiger partial charge in [0.2, 0.25) is 0 Å². The second-order valence-electron chi connectivity index (χ2n) is 7.46. The van der Waals surface area contributed by atoms with E-state index in [1.807, 2.05) is 12.1 Å². The van der Waals surface area contributed by atoms with Crippen molar-refractivity contribution in [2.75, 3.05) is 12.4 Å². The molecular formula is C17H23BrClNO. The van der Waals surface area contributed by atoms with Crippen LogP contribution in [0.3, 0.4) is 0 Å². The summed E-state index contributed by atoms with van der Waals surface area (Å²) in [6.45, 7) is 7.21. The van der Waals surface area contributed by atoms with Gasteiger partial charge in [0.15, 0.2) is 5.75 Å². The van der Waals surface area contributed by atoms with Crippen LogP contribution < -0.4 is 10.1 Å². The Kier molecular flexibility index (Phi) is 3.73. The molecule has 0 aromatic heterocycles. The van der Waals surface area contributed by atoms with Gasteiger partial charge in [-0.2, -0.15) is 0 Å². The number of nitrogens with one attached hydrogen (secondary N) is 1. The fraction of sp³-hybridized carbons (Fsp3) is 0.647. The highest BCUT2D eigenvalue weighted by Gasteiger charge is 2.59. The highest BCUT2D eigenvalue weighted by Crippen LogP contribution is 2.63. The Labute approximate surface area is 140 Å². The molecule has 2 aliphatic carbocycles. The van der Waals surface area contributed by atoms with Gasteiger partial charge in [0.25, 0.3) is 0 Å². The topological polar surface area (TPSA) is 21.3 Å². The molecule has 0 aliphatic heterocycles. The number of benzene rings is 1. The summed E-state index contributed by atoms with van der Waals surface area (Å²) in [5, 5.41) is 4.48. The van der Waals surface area contributed by atoms with E-state index in [9.17, 15) is 0 Å². The van der Waals surface area contributed by atoms with Crippen LogP contribution in [-0.2, 0) is 0 Å². The summed E-state index contributed by atoms with van der Waals surface area (Å²) in [7, 11) is 1.70. The SMILES string of the molecule is COc1c(Br)cc(Cl)cc1NC1C(C)(C)[C@H]2CC[C@]1(C)C2. The Morgan fingerprint density at radius 1 is 1.33 bits per heavy atom. The lowest BCUT2D eigenvalue weighted by molar-refractivity contribution is 0.155. The first kappa shape index (κ1) is 15.5. The predicted molar refractivity (Wildman–Crippen MR) is 92.3 cm³/mol. The predicted octanol–water partition coefficient (Wildman–Crippen LogP) is 5.74. The standard InChI is InChI=1S/C17H23BrClNO/c1-16(2)10-5-6-17(3,9-10)15(16)20-13-8-11(19)7-12(18)14(13)21-4/h7-8,10,15,20H,5-6,9H2,1-4H3/t10-,15?,17+/m0/s1. The molecule has 0 radical (unpaired) electrons. The van der Waals surface area contributed by atoms with E-state index >= 15 is 0 Å². The zero-order valence-corrected chi connectivity index (χ0v) is 15.4. The second-order valence-corrected chi connectivity index (χ2v) is 8.75. The number of hydrogen-bond donors (Lipinski definition) is 1. The van der Waals surface area contributed by atoms with Gasteiger partial charge >= 0.3 is 0 Å². The van der Waals surface area contributed by atoms with E-state index < -0.39 is 0 Å². The fourth-order valence-electron chi connectivity index (χ4n) is 4.69. The molecule has 4 heteroatoms. The van der Waals surface area contributed by atoms with Gasteiger partial charge in [0, 0.05) is 11.1 Å². The summed E-state index contributed by atoms with van der Waals surface area (Å²) in [5.74, 6) is 1.65. The van der Waals surface area contributed by atoms with Crippen molar-refractivity contribution in [2.45, 2.75) is 46.1 Å². The molecule has 116 valence electrons. The van der Waals surface area contributed by atoms with Crippen LogP contribution in [0.5, 0.6) is 5.75 Å². The summed E-state index contributed by atoms with van der Waals surface area (Å²) in [6.07, 6.45) is 3.99. The lowest BCUT2D eigenvalue weighted by atomic mass is 9.68. The van der Waals surface area contributed by atoms with Gasteiger partial charge in [0.1, 0.15) is 0 Å². The second kappa shape index (κ2) is 5.06. The van der Waals surface area contributed by atoms with Crippen molar-refractivity contribution in [3.63, 3.8) is 0 Å². The van der Waals surface area contributed by atoms with Crippen LogP contribution >= 0.6 is 27.5 Å². The third kappa shape index (κ3) is 2.37. The molecule has 0 spiro atoms. The van der Waals surface area contributed by atoms with E-state index in [-0.39, 0.29) is 0 Å². The first-order valence-electron chi connectivity index (χ1n) is 7.57. The Morgan fingerprint density at radius 3 is 2.62 bits per heavy atom. The Bertz CT molecular complexity index is 569. The summed E-state index contributed by atoms with van der Waals surface area (Å²) in [5.41, 5.74) is 1.66. The molecule has 2 fully saturated rings. The van der Waals surface area contributed by atoms with Crippen molar-refractivity contribution in [3.8, 4) is 5.75 Å². The molecule has 1 aromatic carbocycles. The van der Waals surface area contributed by atoms with E-state index in [4.69, 9.17) is 16.3 Å². The smallest absolute Gasteiger partial charge is 0.156 e. The maximum atomic E-state index is 6.22. The number of ether oxygens (including phenoxy) is 1. The van der Waals surface area contributed by atoms with Gasteiger partial charge in [0.05, 0.1) is 17.3 Å². The number of methoxy groups -OCH3 is 1. The van der Waals surface area contributed by atoms with Gasteiger partial charge in [-0.25, -0.2) is 0 Å². The minimum absolute atomic E-state index is 0.298. The van der Waals surface area contributed by atoms with E-state index in [0.717, 1.165) is 26.9 Å². The Balaban J connectivity index is 1.97. The molecule has 2 nitrogen and oxygen atoms in total. The van der Waals surface area contributed by atoms with Crippen LogP contribution in [0.1, 0.15) is 40.0 Å². The lowest BCUT2D eigenvalue weighted by Gasteiger charge is -2.43. The molecule has 2 aliphatic rings. The van der Waals surface area contributed by atoms with Crippen molar-refractivity contribution in [3.05, 3.63) is 21.6 Å². The minimum atomic E-state index is 0.298. The average molecular weight is 373 g/mol. The van der Waals surface area contributed by atoms with Crippen LogP contribution in [-0.4, -0.2) is 13.2 Å². The largest absolute Gasteiger partial charge is 0.493 e. The Hall–Kier alpha value is -0.410. The summed E-state index contributed by atoms with van der Waals surface area (Å²) < 4.78 is 6.45. The van der Waals surface area contributed by atoms with Crippen molar-refractivity contribution in [1.82, 2.24) is 0 Å². The van der Waals surface area contributed by atoms with Crippen LogP contribution in [0.4, 0.5) is 5.69 Å². The summed E-state index contributed by atoms with van der Waals surface area (Å²) in [6, 6.07) is 4.29. The molecule has 0 heterocycles. The zero-order chi connectivity index (χ0) is 15.4. The van der Waals surface area contributed by atoms with Crippen molar-refractivity contribution in [2.24, 2.45) is 16.7 Å². The van der Waals surface area contributed by atoms with Crippen LogP contribution in [0.15, 0.2) is 16.6 Å². The molecule has 21 heavy (non-hydrogen) atoms. The first-order chi connectivity index (χ1) is 9.78. The fourth-order valence-corrected chi connectivity index (χ4v) is 5.66. The van der Waals surface area contributed by atoms with Gasteiger partial charge in [-0.05, 0) is 64.1 Å². The molecule has 2 bridgehead atoms. The Morgan fingerprint density at radius 2 is 2.05 bits per heavy atom. The zero-order valence-electron chi connectivity index (χ0n) is 13.1. The molecule has 3 rings (SSSR count). The number of hydrogen-bond acceptors (Lipinski definition) is 2. The molecular weight excluding hydrogens is 350 g/mol. The van der Waals surface area contributed by atoms with Gasteiger partial charge < -0.3 is 10.1 Å².